The topological polar surface area (TPSA) is 60.5 Å². The monoisotopic (exact) mass is 322 g/mol. The van der Waals surface area contributed by atoms with Gasteiger partial charge in [-0.05, 0) is 49.0 Å². The molecule has 1 aliphatic carbocycles. The van der Waals surface area contributed by atoms with Gasteiger partial charge in [0.1, 0.15) is 11.4 Å². The van der Waals surface area contributed by atoms with Crippen LogP contribution < -0.4 is 10.8 Å². The minimum absolute atomic E-state index is 0.0620. The van der Waals surface area contributed by atoms with E-state index in [0.29, 0.717) is 11.6 Å². The van der Waals surface area contributed by atoms with E-state index >= 15 is 0 Å². The first-order valence-corrected chi connectivity index (χ1v) is 8.17. The van der Waals surface area contributed by atoms with Crippen molar-refractivity contribution in [2.75, 3.05) is 5.32 Å². The summed E-state index contributed by atoms with van der Waals surface area (Å²) in [5.74, 6) is 1.45. The zero-order valence-corrected chi connectivity index (χ0v) is 13.8. The Hall–Kier alpha value is -2.34. The molecule has 122 valence electrons. The highest BCUT2D eigenvalue weighted by Gasteiger charge is 2.42. The Morgan fingerprint density at radius 2 is 2.12 bits per heavy atom. The molecule has 2 heterocycles. The van der Waals surface area contributed by atoms with E-state index in [1.54, 1.807) is 6.20 Å². The number of aromatic nitrogens is 1. The number of pyridine rings is 1. The molecule has 6 heteroatoms. The van der Waals surface area contributed by atoms with Crippen molar-refractivity contribution in [3.8, 4) is 0 Å². The van der Waals surface area contributed by atoms with Gasteiger partial charge in [0.15, 0.2) is 0 Å². The molecule has 0 bridgehead atoms. The Labute approximate surface area is 141 Å². The van der Waals surface area contributed by atoms with Gasteiger partial charge in [-0.3, -0.25) is 4.79 Å². The average molecular weight is 322 g/mol. The summed E-state index contributed by atoms with van der Waals surface area (Å²) in [5.41, 5.74) is 0.431. The molecule has 5 nitrogen and oxygen atoms in total. The summed E-state index contributed by atoms with van der Waals surface area (Å²) in [6.07, 6.45) is 3.72. The van der Waals surface area contributed by atoms with E-state index in [-0.39, 0.29) is 11.8 Å². The van der Waals surface area contributed by atoms with E-state index in [1.807, 2.05) is 38.1 Å². The molecule has 1 saturated carbocycles. The molecule has 1 aliphatic heterocycles. The molecule has 2 aliphatic rings. The molecule has 1 saturated heterocycles. The van der Waals surface area contributed by atoms with Crippen LogP contribution in [0.5, 0.6) is 0 Å². The number of hydrogen-bond donors (Lipinski definition) is 1. The van der Waals surface area contributed by atoms with Gasteiger partial charge in [0.25, 0.3) is 0 Å². The summed E-state index contributed by atoms with van der Waals surface area (Å²) in [5, 5.41) is 4.85. The maximum Gasteiger partial charge on any atom is 0.563 e. The van der Waals surface area contributed by atoms with Gasteiger partial charge >= 0.3 is 7.12 Å². The molecule has 2 fully saturated rings. The quantitative estimate of drug-likeness (QED) is 0.883. The number of nitrogens with one attached hydrogen (secondary N) is 1. The Kier molecular flexibility index (Phi) is 3.39. The van der Waals surface area contributed by atoms with E-state index in [0.717, 1.165) is 29.1 Å². The Morgan fingerprint density at radius 1 is 1.33 bits per heavy atom. The number of carbonyl (C=O) groups excluding carboxylic acids is 1. The van der Waals surface area contributed by atoms with Crippen LogP contribution in [0.2, 0.25) is 0 Å². The number of fused-ring (bicyclic) bond motifs is 1. The predicted octanol–water partition coefficient (Wildman–Crippen LogP) is 2.62. The third-order valence-corrected chi connectivity index (χ3v) is 4.54. The van der Waals surface area contributed by atoms with Crippen molar-refractivity contribution in [3.63, 3.8) is 0 Å². The fourth-order valence-corrected chi connectivity index (χ4v) is 2.71. The van der Waals surface area contributed by atoms with Crippen molar-refractivity contribution in [3.05, 3.63) is 42.8 Å². The zero-order valence-electron chi connectivity index (χ0n) is 13.8. The van der Waals surface area contributed by atoms with E-state index in [4.69, 9.17) is 9.31 Å². The fraction of sp³-hybridized carbons (Fsp3) is 0.333. The maximum absolute atomic E-state index is 11.8. The Bertz CT molecular complexity index is 845. The van der Waals surface area contributed by atoms with Gasteiger partial charge in [0, 0.05) is 12.1 Å². The SMILES string of the molecule is C=C1OB(c2ccc3cc(NC(=O)C4CC4)ncc3c2)OC1(C)C. The summed E-state index contributed by atoms with van der Waals surface area (Å²) < 4.78 is 11.6. The van der Waals surface area contributed by atoms with Crippen LogP contribution >= 0.6 is 0 Å². The lowest BCUT2D eigenvalue weighted by Crippen LogP contribution is -2.34. The minimum atomic E-state index is -0.491. The second-order valence-electron chi connectivity index (χ2n) is 6.94. The van der Waals surface area contributed by atoms with Gasteiger partial charge in [-0.1, -0.05) is 24.8 Å². The van der Waals surface area contributed by atoms with Crippen molar-refractivity contribution < 1.29 is 14.1 Å². The van der Waals surface area contributed by atoms with Gasteiger partial charge in [0.2, 0.25) is 5.91 Å². The lowest BCUT2D eigenvalue weighted by Gasteiger charge is -2.15. The summed E-state index contributed by atoms with van der Waals surface area (Å²) >= 11 is 0. The Morgan fingerprint density at radius 3 is 2.79 bits per heavy atom. The average Bonchev–Trinajstić information content (AvgIpc) is 3.34. The number of anilines is 1. The molecule has 1 aromatic heterocycles. The molecule has 0 atom stereocenters. The second kappa shape index (κ2) is 5.35. The van der Waals surface area contributed by atoms with Crippen molar-refractivity contribution in [2.45, 2.75) is 32.3 Å². The number of amides is 1. The molecular formula is C18H19BN2O3. The van der Waals surface area contributed by atoms with Crippen LogP contribution in [-0.4, -0.2) is 23.6 Å². The van der Waals surface area contributed by atoms with Gasteiger partial charge in [-0.15, -0.1) is 0 Å². The second-order valence-corrected chi connectivity index (χ2v) is 6.94. The lowest BCUT2D eigenvalue weighted by molar-refractivity contribution is -0.117. The molecule has 24 heavy (non-hydrogen) atoms. The molecule has 1 N–H and O–H groups in total. The third kappa shape index (κ3) is 2.78. The fourth-order valence-electron chi connectivity index (χ4n) is 2.71. The van der Waals surface area contributed by atoms with Crippen LogP contribution in [-0.2, 0) is 14.1 Å². The highest BCUT2D eigenvalue weighted by molar-refractivity contribution is 6.62. The molecule has 0 spiro atoms. The predicted molar refractivity (Wildman–Crippen MR) is 93.9 cm³/mol. The van der Waals surface area contributed by atoms with Crippen LogP contribution in [0.1, 0.15) is 26.7 Å². The summed E-state index contributed by atoms with van der Waals surface area (Å²) in [4.78, 5) is 16.2. The van der Waals surface area contributed by atoms with E-state index < -0.39 is 12.7 Å². The van der Waals surface area contributed by atoms with Gasteiger partial charge in [-0.25, -0.2) is 4.98 Å². The van der Waals surface area contributed by atoms with Crippen molar-refractivity contribution in [2.24, 2.45) is 5.92 Å². The third-order valence-electron chi connectivity index (χ3n) is 4.54. The smallest absolute Gasteiger partial charge is 0.534 e. The normalized spacial score (nSPS) is 19.4. The van der Waals surface area contributed by atoms with Crippen LogP contribution in [0.3, 0.4) is 0 Å². The number of rotatable bonds is 3. The number of hydrogen-bond acceptors (Lipinski definition) is 4. The molecule has 0 unspecified atom stereocenters. The number of nitrogens with zero attached hydrogens (tertiary/aromatic N) is 1. The largest absolute Gasteiger partial charge is 0.563 e. The van der Waals surface area contributed by atoms with Gasteiger partial charge in [-0.2, -0.15) is 0 Å². The molecule has 1 amide bonds. The first-order valence-electron chi connectivity index (χ1n) is 8.17. The maximum atomic E-state index is 11.8. The van der Waals surface area contributed by atoms with Crippen molar-refractivity contribution in [1.29, 1.82) is 0 Å². The molecular weight excluding hydrogens is 303 g/mol. The highest BCUT2D eigenvalue weighted by Crippen LogP contribution is 2.31. The van der Waals surface area contributed by atoms with Crippen LogP contribution in [0.15, 0.2) is 42.8 Å². The van der Waals surface area contributed by atoms with E-state index in [9.17, 15) is 4.79 Å². The first-order chi connectivity index (χ1) is 11.4. The van der Waals surface area contributed by atoms with Crippen LogP contribution in [0, 0.1) is 5.92 Å². The highest BCUT2D eigenvalue weighted by atomic mass is 16.7. The minimum Gasteiger partial charge on any atom is -0.534 e. The number of carbonyl (C=O) groups is 1. The van der Waals surface area contributed by atoms with Crippen molar-refractivity contribution in [1.82, 2.24) is 4.98 Å². The van der Waals surface area contributed by atoms with Crippen LogP contribution in [0.25, 0.3) is 10.8 Å². The lowest BCUT2D eigenvalue weighted by atomic mass is 9.78. The van der Waals surface area contributed by atoms with E-state index in [2.05, 4.69) is 16.9 Å². The summed E-state index contributed by atoms with van der Waals surface area (Å²) in [7, 11) is -0.453. The Balaban J connectivity index is 1.58. The standard InChI is InChI=1S/C18H19BN2O3/c1-11-18(2,3)24-19(23-11)15-7-6-13-9-16(20-10-14(13)8-15)21-17(22)12-4-5-12/h6-10,12H,1,4-5H2,2-3H3,(H,20,21,22). The summed E-state index contributed by atoms with van der Waals surface area (Å²) in [6, 6.07) is 7.83. The number of benzene rings is 1. The van der Waals surface area contributed by atoms with Crippen LogP contribution in [0.4, 0.5) is 5.82 Å². The van der Waals surface area contributed by atoms with Gasteiger partial charge < -0.3 is 14.6 Å². The van der Waals surface area contributed by atoms with E-state index in [1.165, 1.54) is 0 Å². The molecule has 4 rings (SSSR count). The zero-order chi connectivity index (χ0) is 16.9. The molecule has 1 aromatic carbocycles. The first kappa shape index (κ1) is 15.2. The van der Waals surface area contributed by atoms with Crippen molar-refractivity contribution >= 4 is 35.1 Å². The van der Waals surface area contributed by atoms with Gasteiger partial charge in [0.05, 0.1) is 5.76 Å². The summed E-state index contributed by atoms with van der Waals surface area (Å²) in [6.45, 7) is 7.78. The molecule has 0 radical (unpaired) electrons. The molecule has 2 aromatic rings.